The molecule has 1 saturated carbocycles. The van der Waals surface area contributed by atoms with E-state index in [2.05, 4.69) is 98.9 Å². The van der Waals surface area contributed by atoms with Crippen molar-refractivity contribution in [2.24, 2.45) is 0 Å². The fourth-order valence-electron chi connectivity index (χ4n) is 6.42. The third-order valence-corrected chi connectivity index (χ3v) is 11.2. The first-order chi connectivity index (χ1) is 31.8. The highest BCUT2D eigenvalue weighted by Gasteiger charge is 2.51. The molecule has 0 spiro atoms. The van der Waals surface area contributed by atoms with Crippen molar-refractivity contribution in [3.05, 3.63) is 109 Å². The number of carbonyl (C=O) groups is 2. The first kappa shape index (κ1) is 60.5. The summed E-state index contributed by atoms with van der Waals surface area (Å²) in [7, 11) is -5.19. The third kappa shape index (κ3) is 31.4. The Labute approximate surface area is 394 Å². The van der Waals surface area contributed by atoms with E-state index < -0.39 is 81.8 Å². The number of aliphatic hydroxyl groups excluding tert-OH is 6. The lowest BCUT2D eigenvalue weighted by atomic mass is 9.85. The summed E-state index contributed by atoms with van der Waals surface area (Å²) in [5.74, 6) is -1.33. The second kappa shape index (κ2) is 39.5. The molecule has 0 heterocycles. The fraction of sp³-hybridized carbons (Fsp3) is 0.608. The standard InChI is InChI=1S/C51H81O14P/c1-3-5-7-9-11-13-15-17-18-19-20-21-22-24-26-28-30-32-34-38-44(53)62-40-43(41-63-66(60,61)65-51-49(58)47(56)46(55)48(57)50(51)59)64-45(54)39-35-37-42(52)36-33-31-29-27-25-23-16-14-12-10-8-6-4-2/h5-8,11-14,17-18,20-21,23,25,29,31,33,36,42-43,46-52,55-59H,3-4,9-10,15-16,19,22,24,26-28,30,32,34-35,37-41H2,1-2H3,(H,60,61)/b7-5-,8-6-,13-11-,14-12-,18-17-,21-20-,25-23-,31-29-,36-33+/t42?,43-,46?,47-,48+,49-,50-,51?/m1/s1. The van der Waals surface area contributed by atoms with Gasteiger partial charge in [-0.2, -0.15) is 0 Å². The Morgan fingerprint density at radius 3 is 1.55 bits per heavy atom. The van der Waals surface area contributed by atoms with Gasteiger partial charge in [-0.05, 0) is 83.5 Å². The van der Waals surface area contributed by atoms with Crippen molar-refractivity contribution in [1.82, 2.24) is 0 Å². The molecule has 7 N–H and O–H groups in total. The molecule has 0 bridgehead atoms. The van der Waals surface area contributed by atoms with Crippen LogP contribution in [0, 0.1) is 0 Å². The molecule has 0 saturated heterocycles. The molecule has 1 fully saturated rings. The van der Waals surface area contributed by atoms with Crippen molar-refractivity contribution >= 4 is 19.8 Å². The smallest absolute Gasteiger partial charge is 0.462 e. The van der Waals surface area contributed by atoms with E-state index in [0.29, 0.717) is 6.42 Å². The molecule has 0 radical (unpaired) electrons. The van der Waals surface area contributed by atoms with Crippen molar-refractivity contribution in [2.45, 2.75) is 185 Å². The van der Waals surface area contributed by atoms with Gasteiger partial charge in [0.25, 0.3) is 0 Å². The van der Waals surface area contributed by atoms with E-state index in [-0.39, 0.29) is 25.7 Å². The van der Waals surface area contributed by atoms with E-state index in [1.807, 2.05) is 12.2 Å². The predicted molar refractivity (Wildman–Crippen MR) is 259 cm³/mol. The Kier molecular flexibility index (Phi) is 36.2. The molecule has 0 aliphatic heterocycles. The Balaban J connectivity index is 2.55. The highest BCUT2D eigenvalue weighted by molar-refractivity contribution is 7.47. The predicted octanol–water partition coefficient (Wildman–Crippen LogP) is 8.58. The van der Waals surface area contributed by atoms with Crippen molar-refractivity contribution < 1.29 is 68.2 Å². The van der Waals surface area contributed by atoms with Crippen LogP contribution in [-0.4, -0.2) is 110 Å². The number of phosphoric ester groups is 1. The molecule has 1 aliphatic carbocycles. The molecule has 0 aromatic heterocycles. The minimum atomic E-state index is -5.19. The molecule has 0 aromatic carbocycles. The fourth-order valence-corrected chi connectivity index (χ4v) is 7.40. The van der Waals surface area contributed by atoms with Crippen LogP contribution in [0.3, 0.4) is 0 Å². The maximum atomic E-state index is 12.8. The zero-order chi connectivity index (χ0) is 48.7. The Morgan fingerprint density at radius 1 is 0.545 bits per heavy atom. The quantitative estimate of drug-likeness (QED) is 0.0102. The number of phosphoric acid groups is 1. The number of unbranched alkanes of at least 4 members (excludes halogenated alkanes) is 6. The van der Waals surface area contributed by atoms with Gasteiger partial charge in [0.05, 0.1) is 12.7 Å². The van der Waals surface area contributed by atoms with Crippen LogP contribution >= 0.6 is 7.82 Å². The number of carbonyl (C=O) groups excluding carboxylic acids is 2. The lowest BCUT2D eigenvalue weighted by molar-refractivity contribution is -0.220. The summed E-state index contributed by atoms with van der Waals surface area (Å²) in [4.78, 5) is 35.8. The van der Waals surface area contributed by atoms with Crippen LogP contribution < -0.4 is 0 Å². The normalized spacial score (nSPS) is 22.7. The topological polar surface area (TPSA) is 230 Å². The highest BCUT2D eigenvalue weighted by Crippen LogP contribution is 2.47. The van der Waals surface area contributed by atoms with E-state index in [1.54, 1.807) is 12.2 Å². The largest absolute Gasteiger partial charge is 0.472 e. The van der Waals surface area contributed by atoms with Crippen molar-refractivity contribution in [3.8, 4) is 0 Å². The maximum absolute atomic E-state index is 12.8. The van der Waals surface area contributed by atoms with E-state index in [0.717, 1.165) is 89.9 Å². The molecule has 4 unspecified atom stereocenters. The monoisotopic (exact) mass is 949 g/mol. The van der Waals surface area contributed by atoms with Crippen LogP contribution in [0.2, 0.25) is 0 Å². The molecule has 14 nitrogen and oxygen atoms in total. The molecule has 0 amide bonds. The van der Waals surface area contributed by atoms with Gasteiger partial charge in [-0.3, -0.25) is 18.6 Å². The van der Waals surface area contributed by atoms with E-state index in [1.165, 1.54) is 0 Å². The van der Waals surface area contributed by atoms with Gasteiger partial charge in [0, 0.05) is 12.8 Å². The lowest BCUT2D eigenvalue weighted by Gasteiger charge is -2.41. The van der Waals surface area contributed by atoms with Gasteiger partial charge in [0.1, 0.15) is 43.2 Å². The minimum Gasteiger partial charge on any atom is -0.462 e. The van der Waals surface area contributed by atoms with Gasteiger partial charge in [0.15, 0.2) is 6.10 Å². The average molecular weight is 949 g/mol. The van der Waals surface area contributed by atoms with Crippen LogP contribution in [0.5, 0.6) is 0 Å². The van der Waals surface area contributed by atoms with Crippen LogP contribution in [-0.2, 0) is 32.7 Å². The van der Waals surface area contributed by atoms with Crippen LogP contribution in [0.25, 0.3) is 0 Å². The Morgan fingerprint density at radius 2 is 1.00 bits per heavy atom. The van der Waals surface area contributed by atoms with Gasteiger partial charge in [-0.1, -0.05) is 149 Å². The maximum Gasteiger partial charge on any atom is 0.472 e. The summed E-state index contributed by atoms with van der Waals surface area (Å²) in [5.41, 5.74) is 0. The highest BCUT2D eigenvalue weighted by atomic mass is 31.2. The number of ether oxygens (including phenoxy) is 2. The van der Waals surface area contributed by atoms with Gasteiger partial charge in [0.2, 0.25) is 0 Å². The summed E-state index contributed by atoms with van der Waals surface area (Å²) in [6, 6.07) is 0. The molecule has 1 aliphatic rings. The summed E-state index contributed by atoms with van der Waals surface area (Å²) in [6.07, 6.45) is 37.2. The SMILES string of the molecule is CC/C=C\C/C=C\C/C=C\C/C=C\C=C\C(O)CCCC(=O)O[C@H](COC(=O)CCCCCCCC/C=C\C/C=C\C/C=C\C/C=C\CC)COP(=O)(O)OC1[C@H](O)[C@H](O)C(O)[C@H](O)[C@H]1O. The number of hydrogen-bond donors (Lipinski definition) is 7. The molecule has 1 rings (SSSR count). The Bertz CT molecular complexity index is 1580. The Hall–Kier alpha value is -3.53. The number of allylic oxidation sites excluding steroid dienone is 17. The zero-order valence-electron chi connectivity index (χ0n) is 39.3. The van der Waals surface area contributed by atoms with Crippen LogP contribution in [0.15, 0.2) is 109 Å². The molecule has 66 heavy (non-hydrogen) atoms. The van der Waals surface area contributed by atoms with Crippen molar-refractivity contribution in [1.29, 1.82) is 0 Å². The number of rotatable bonds is 37. The first-order valence-corrected chi connectivity index (χ1v) is 25.3. The number of aliphatic hydroxyl groups is 6. The molecule has 9 atom stereocenters. The molecule has 0 aromatic rings. The lowest BCUT2D eigenvalue weighted by Crippen LogP contribution is -2.64. The van der Waals surface area contributed by atoms with Crippen molar-refractivity contribution in [2.75, 3.05) is 13.2 Å². The summed E-state index contributed by atoms with van der Waals surface area (Å²) in [6.45, 7) is 2.88. The second-order valence-electron chi connectivity index (χ2n) is 16.0. The number of esters is 2. The van der Waals surface area contributed by atoms with Crippen LogP contribution in [0.4, 0.5) is 0 Å². The zero-order valence-corrected chi connectivity index (χ0v) is 40.2. The average Bonchev–Trinajstić information content (AvgIpc) is 3.29. The van der Waals surface area contributed by atoms with Gasteiger partial charge in [-0.25, -0.2) is 4.57 Å². The number of hydrogen-bond acceptors (Lipinski definition) is 13. The van der Waals surface area contributed by atoms with Gasteiger partial charge >= 0.3 is 19.8 Å². The van der Waals surface area contributed by atoms with E-state index in [9.17, 15) is 49.7 Å². The second-order valence-corrected chi connectivity index (χ2v) is 17.5. The van der Waals surface area contributed by atoms with Gasteiger partial charge in [-0.15, -0.1) is 0 Å². The molecular weight excluding hydrogens is 868 g/mol. The van der Waals surface area contributed by atoms with E-state index >= 15 is 0 Å². The molecule has 374 valence electrons. The summed E-state index contributed by atoms with van der Waals surface area (Å²) >= 11 is 0. The van der Waals surface area contributed by atoms with Gasteiger partial charge < -0.3 is 45.0 Å². The third-order valence-electron chi connectivity index (χ3n) is 10.2. The molecule has 15 heteroatoms. The summed E-state index contributed by atoms with van der Waals surface area (Å²) in [5, 5.41) is 60.5. The molecular formula is C51H81O14P. The minimum absolute atomic E-state index is 0.103. The van der Waals surface area contributed by atoms with Crippen LogP contribution in [0.1, 0.15) is 136 Å². The van der Waals surface area contributed by atoms with E-state index in [4.69, 9.17) is 18.5 Å². The first-order valence-electron chi connectivity index (χ1n) is 23.8. The summed E-state index contributed by atoms with van der Waals surface area (Å²) < 4.78 is 33.4. The van der Waals surface area contributed by atoms with Crippen molar-refractivity contribution in [3.63, 3.8) is 0 Å².